The molecule has 3 heterocycles. The molecule has 1 N–H and O–H groups in total. The third-order valence-corrected chi connectivity index (χ3v) is 6.17. The summed E-state index contributed by atoms with van der Waals surface area (Å²) in [6, 6.07) is 4.97. The van der Waals surface area contributed by atoms with Crippen LogP contribution in [-0.4, -0.2) is 22.1 Å². The largest absolute Gasteiger partial charge is 0.309 e. The van der Waals surface area contributed by atoms with Gasteiger partial charge in [0.2, 0.25) is 0 Å². The van der Waals surface area contributed by atoms with E-state index in [1.807, 2.05) is 29.3 Å². The SMILES string of the molecule is CCCNC(Cc1ccn(C)n1)c1cc2c(s1)CCSC2. The van der Waals surface area contributed by atoms with Crippen molar-refractivity contribution in [3.63, 3.8) is 0 Å². The van der Waals surface area contributed by atoms with E-state index in [2.05, 4.69) is 41.2 Å². The molecule has 1 atom stereocenters. The van der Waals surface area contributed by atoms with Crippen molar-refractivity contribution in [2.45, 2.75) is 38.0 Å². The van der Waals surface area contributed by atoms with Gasteiger partial charge in [-0.15, -0.1) is 11.3 Å². The molecule has 0 bridgehead atoms. The van der Waals surface area contributed by atoms with Crippen LogP contribution >= 0.6 is 23.1 Å². The van der Waals surface area contributed by atoms with E-state index >= 15 is 0 Å². The highest BCUT2D eigenvalue weighted by Crippen LogP contribution is 2.35. The van der Waals surface area contributed by atoms with E-state index < -0.39 is 0 Å². The maximum absolute atomic E-state index is 4.54. The van der Waals surface area contributed by atoms with Gasteiger partial charge in [-0.05, 0) is 42.8 Å². The van der Waals surface area contributed by atoms with Gasteiger partial charge < -0.3 is 5.32 Å². The van der Waals surface area contributed by atoms with Crippen LogP contribution in [0, 0.1) is 0 Å². The lowest BCUT2D eigenvalue weighted by molar-refractivity contribution is 0.528. The highest BCUT2D eigenvalue weighted by Gasteiger charge is 2.20. The normalized spacial score (nSPS) is 15.9. The van der Waals surface area contributed by atoms with Gasteiger partial charge >= 0.3 is 0 Å². The van der Waals surface area contributed by atoms with Crippen LogP contribution in [0.3, 0.4) is 0 Å². The van der Waals surface area contributed by atoms with Crippen LogP contribution < -0.4 is 5.32 Å². The number of aromatic nitrogens is 2. The van der Waals surface area contributed by atoms with E-state index in [0.29, 0.717) is 6.04 Å². The first-order valence-corrected chi connectivity index (χ1v) is 9.64. The Morgan fingerprint density at radius 3 is 3.10 bits per heavy atom. The van der Waals surface area contributed by atoms with Crippen LogP contribution in [0.5, 0.6) is 0 Å². The lowest BCUT2D eigenvalue weighted by Gasteiger charge is -2.16. The number of aryl methyl sites for hydroxylation is 2. The second-order valence-corrected chi connectivity index (χ2v) is 7.86. The number of rotatable bonds is 6. The van der Waals surface area contributed by atoms with E-state index in [-0.39, 0.29) is 0 Å². The van der Waals surface area contributed by atoms with E-state index in [4.69, 9.17) is 0 Å². The molecule has 1 unspecified atom stereocenters. The minimum absolute atomic E-state index is 0.403. The van der Waals surface area contributed by atoms with Crippen molar-refractivity contribution in [2.75, 3.05) is 12.3 Å². The molecule has 0 radical (unpaired) electrons. The molecule has 1 aliphatic rings. The van der Waals surface area contributed by atoms with Gasteiger partial charge in [0, 0.05) is 41.2 Å². The summed E-state index contributed by atoms with van der Waals surface area (Å²) >= 11 is 4.07. The highest BCUT2D eigenvalue weighted by atomic mass is 32.2. The van der Waals surface area contributed by atoms with Crippen molar-refractivity contribution in [1.82, 2.24) is 15.1 Å². The fourth-order valence-electron chi connectivity index (χ4n) is 2.72. The molecule has 2 aromatic heterocycles. The lowest BCUT2D eigenvalue weighted by Crippen LogP contribution is -2.23. The molecule has 0 saturated heterocycles. The highest BCUT2D eigenvalue weighted by molar-refractivity contribution is 7.98. The maximum atomic E-state index is 4.54. The monoisotopic (exact) mass is 321 g/mol. The molecule has 0 aromatic carbocycles. The average molecular weight is 322 g/mol. The summed E-state index contributed by atoms with van der Waals surface area (Å²) in [6.07, 6.45) is 5.42. The van der Waals surface area contributed by atoms with Gasteiger partial charge in [0.05, 0.1) is 5.69 Å². The predicted molar refractivity (Wildman–Crippen MR) is 92.1 cm³/mol. The average Bonchev–Trinajstić information content (AvgIpc) is 3.09. The number of hydrogen-bond donors (Lipinski definition) is 1. The van der Waals surface area contributed by atoms with Gasteiger partial charge in [0.15, 0.2) is 0 Å². The summed E-state index contributed by atoms with van der Waals surface area (Å²) in [6.45, 7) is 3.29. The van der Waals surface area contributed by atoms with Crippen molar-refractivity contribution in [1.29, 1.82) is 0 Å². The van der Waals surface area contributed by atoms with E-state index in [1.54, 1.807) is 10.4 Å². The Kier molecular flexibility index (Phi) is 5.03. The Balaban J connectivity index is 1.79. The molecule has 114 valence electrons. The molecule has 0 spiro atoms. The number of hydrogen-bond acceptors (Lipinski definition) is 4. The lowest BCUT2D eigenvalue weighted by atomic mass is 10.1. The molecule has 0 saturated carbocycles. The van der Waals surface area contributed by atoms with Gasteiger partial charge in [-0.3, -0.25) is 4.68 Å². The number of thioether (sulfide) groups is 1. The van der Waals surface area contributed by atoms with Crippen LogP contribution in [0.2, 0.25) is 0 Å². The number of nitrogens with zero attached hydrogens (tertiary/aromatic N) is 2. The fourth-order valence-corrected chi connectivity index (χ4v) is 5.17. The quantitative estimate of drug-likeness (QED) is 0.882. The summed E-state index contributed by atoms with van der Waals surface area (Å²) < 4.78 is 1.89. The summed E-state index contributed by atoms with van der Waals surface area (Å²) in [5.41, 5.74) is 2.74. The molecule has 1 aliphatic heterocycles. The minimum Gasteiger partial charge on any atom is -0.309 e. The molecule has 3 rings (SSSR count). The Morgan fingerprint density at radius 2 is 2.38 bits per heavy atom. The second-order valence-electron chi connectivity index (χ2n) is 5.59. The van der Waals surface area contributed by atoms with E-state index in [0.717, 1.165) is 13.0 Å². The Hall–Kier alpha value is -0.780. The molecular weight excluding hydrogens is 298 g/mol. The predicted octanol–water partition coefficient (Wildman–Crippen LogP) is 3.55. The second kappa shape index (κ2) is 6.99. The first kappa shape index (κ1) is 15.1. The third kappa shape index (κ3) is 3.71. The zero-order chi connectivity index (χ0) is 14.7. The van der Waals surface area contributed by atoms with Gasteiger partial charge in [-0.1, -0.05) is 6.92 Å². The van der Waals surface area contributed by atoms with Crippen molar-refractivity contribution >= 4 is 23.1 Å². The molecule has 0 fully saturated rings. The summed E-state index contributed by atoms with van der Waals surface area (Å²) in [4.78, 5) is 3.09. The van der Waals surface area contributed by atoms with Crippen molar-refractivity contribution < 1.29 is 0 Å². The molecule has 0 aliphatic carbocycles. The topological polar surface area (TPSA) is 29.9 Å². The van der Waals surface area contributed by atoms with Gasteiger partial charge in [-0.25, -0.2) is 0 Å². The van der Waals surface area contributed by atoms with Crippen LogP contribution in [-0.2, 0) is 25.6 Å². The van der Waals surface area contributed by atoms with Gasteiger partial charge in [0.1, 0.15) is 0 Å². The summed E-state index contributed by atoms with van der Waals surface area (Å²) in [5, 5.41) is 8.25. The fraction of sp³-hybridized carbons (Fsp3) is 0.562. The van der Waals surface area contributed by atoms with E-state index in [9.17, 15) is 0 Å². The first-order valence-electron chi connectivity index (χ1n) is 7.67. The van der Waals surface area contributed by atoms with E-state index in [1.165, 1.54) is 34.9 Å². The van der Waals surface area contributed by atoms with Crippen LogP contribution in [0.4, 0.5) is 0 Å². The van der Waals surface area contributed by atoms with Crippen LogP contribution in [0.25, 0.3) is 0 Å². The van der Waals surface area contributed by atoms with Gasteiger partial charge in [-0.2, -0.15) is 16.9 Å². The molecule has 2 aromatic rings. The zero-order valence-electron chi connectivity index (χ0n) is 12.8. The Bertz CT molecular complexity index is 565. The molecule has 0 amide bonds. The smallest absolute Gasteiger partial charge is 0.0643 e. The maximum Gasteiger partial charge on any atom is 0.0643 e. The van der Waals surface area contributed by atoms with Gasteiger partial charge in [0.25, 0.3) is 0 Å². The third-order valence-electron chi connectivity index (χ3n) is 3.81. The van der Waals surface area contributed by atoms with Crippen molar-refractivity contribution in [3.8, 4) is 0 Å². The van der Waals surface area contributed by atoms with Crippen LogP contribution in [0.15, 0.2) is 18.3 Å². The van der Waals surface area contributed by atoms with Crippen molar-refractivity contribution in [3.05, 3.63) is 39.3 Å². The molecule has 5 heteroatoms. The number of nitrogens with one attached hydrogen (secondary N) is 1. The summed E-state index contributed by atoms with van der Waals surface area (Å²) in [5.74, 6) is 2.47. The minimum atomic E-state index is 0.403. The Labute approximate surface area is 135 Å². The first-order chi connectivity index (χ1) is 10.3. The Morgan fingerprint density at radius 1 is 1.48 bits per heavy atom. The molecule has 21 heavy (non-hydrogen) atoms. The van der Waals surface area contributed by atoms with Crippen molar-refractivity contribution in [2.24, 2.45) is 7.05 Å². The molecule has 3 nitrogen and oxygen atoms in total. The summed E-state index contributed by atoms with van der Waals surface area (Å²) in [7, 11) is 1.99. The number of fused-ring (bicyclic) bond motifs is 1. The standard InChI is InChI=1S/C16H23N3S2/c1-3-6-17-14(10-13-4-7-19(2)18-13)16-9-12-11-20-8-5-15(12)21-16/h4,7,9,14,17H,3,5-6,8,10-11H2,1-2H3. The molecular formula is C16H23N3S2. The number of thiophene rings is 1. The van der Waals surface area contributed by atoms with Crippen LogP contribution in [0.1, 0.15) is 40.4 Å². The zero-order valence-corrected chi connectivity index (χ0v) is 14.4.